The fourth-order valence-electron chi connectivity index (χ4n) is 5.53. The van der Waals surface area contributed by atoms with Gasteiger partial charge in [0.05, 0.1) is 11.1 Å². The Labute approximate surface area is 222 Å². The van der Waals surface area contributed by atoms with Crippen LogP contribution >= 0.6 is 0 Å². The number of carbonyl (C=O) groups is 1. The van der Waals surface area contributed by atoms with E-state index in [1.165, 1.54) is 19.3 Å². The highest BCUT2D eigenvalue weighted by molar-refractivity contribution is 5.85. The van der Waals surface area contributed by atoms with Crippen LogP contribution in [0.4, 0.5) is 0 Å². The summed E-state index contributed by atoms with van der Waals surface area (Å²) in [5.74, 6) is 0.713. The lowest BCUT2D eigenvalue weighted by molar-refractivity contribution is -0.140. The molecule has 1 N–H and O–H groups in total. The number of rotatable bonds is 8. The van der Waals surface area contributed by atoms with Crippen LogP contribution in [0.15, 0.2) is 71.3 Å². The van der Waals surface area contributed by atoms with Crippen molar-refractivity contribution in [2.75, 3.05) is 0 Å². The van der Waals surface area contributed by atoms with Gasteiger partial charge >= 0.3 is 5.97 Å². The van der Waals surface area contributed by atoms with E-state index >= 15 is 0 Å². The summed E-state index contributed by atoms with van der Waals surface area (Å²) in [6, 6.07) is 22.1. The lowest BCUT2D eigenvalue weighted by Gasteiger charge is -2.22. The van der Waals surface area contributed by atoms with E-state index in [0.29, 0.717) is 25.1 Å². The van der Waals surface area contributed by atoms with Crippen molar-refractivity contribution in [3.8, 4) is 28.3 Å². The molecule has 194 valence electrons. The van der Waals surface area contributed by atoms with Gasteiger partial charge in [0.2, 0.25) is 5.88 Å². The van der Waals surface area contributed by atoms with E-state index in [1.54, 1.807) is 0 Å². The average Bonchev–Trinajstić information content (AvgIpc) is 3.69. The van der Waals surface area contributed by atoms with Crippen LogP contribution in [0, 0.1) is 6.92 Å². The predicted molar refractivity (Wildman–Crippen MR) is 145 cm³/mol. The van der Waals surface area contributed by atoms with E-state index in [9.17, 15) is 9.90 Å². The zero-order valence-corrected chi connectivity index (χ0v) is 21.7. The van der Waals surface area contributed by atoms with E-state index in [2.05, 4.69) is 17.3 Å². The molecule has 6 heteroatoms. The highest BCUT2D eigenvalue weighted by Gasteiger charge is 2.51. The maximum atomic E-state index is 11.6. The smallest absolute Gasteiger partial charge is 0.314 e. The molecular weight excluding hydrogens is 476 g/mol. The first-order chi connectivity index (χ1) is 18.5. The molecule has 2 fully saturated rings. The summed E-state index contributed by atoms with van der Waals surface area (Å²) in [6.45, 7) is 1.96. The van der Waals surface area contributed by atoms with Crippen molar-refractivity contribution in [2.24, 2.45) is 0 Å². The first kappa shape index (κ1) is 24.4. The number of aromatic nitrogens is 2. The second-order valence-corrected chi connectivity index (χ2v) is 10.6. The van der Waals surface area contributed by atoms with Gasteiger partial charge in [-0.2, -0.15) is 0 Å². The van der Waals surface area contributed by atoms with Crippen LogP contribution in [0.3, 0.4) is 0 Å². The molecule has 0 spiro atoms. The van der Waals surface area contributed by atoms with Gasteiger partial charge in [0.25, 0.3) is 0 Å². The zero-order chi connectivity index (χ0) is 26.1. The molecule has 2 aromatic heterocycles. The van der Waals surface area contributed by atoms with E-state index in [0.717, 1.165) is 57.8 Å². The monoisotopic (exact) mass is 508 g/mol. The van der Waals surface area contributed by atoms with Crippen LogP contribution in [0.5, 0.6) is 5.88 Å². The predicted octanol–water partition coefficient (Wildman–Crippen LogP) is 7.13. The van der Waals surface area contributed by atoms with Gasteiger partial charge in [-0.05, 0) is 68.2 Å². The third-order valence-electron chi connectivity index (χ3n) is 8.04. The number of pyridine rings is 1. The Morgan fingerprint density at radius 1 is 0.947 bits per heavy atom. The number of benzene rings is 2. The number of ether oxygens (including phenoxy) is 1. The van der Waals surface area contributed by atoms with Crippen molar-refractivity contribution >= 4 is 5.97 Å². The number of carboxylic acids is 1. The molecule has 6 rings (SSSR count). The van der Waals surface area contributed by atoms with Crippen molar-refractivity contribution in [2.45, 2.75) is 69.8 Å². The largest absolute Gasteiger partial charge is 0.481 e. The summed E-state index contributed by atoms with van der Waals surface area (Å²) in [6.07, 6.45) is 8.25. The number of carboxylic acid groups (broad SMARTS) is 1. The van der Waals surface area contributed by atoms with E-state index in [-0.39, 0.29) is 6.10 Å². The van der Waals surface area contributed by atoms with Crippen LogP contribution in [0.2, 0.25) is 0 Å². The summed E-state index contributed by atoms with van der Waals surface area (Å²) in [4.78, 5) is 16.4. The molecule has 0 unspecified atom stereocenters. The lowest BCUT2D eigenvalue weighted by Crippen LogP contribution is -2.20. The molecule has 0 aliphatic heterocycles. The van der Waals surface area contributed by atoms with Crippen LogP contribution in [-0.2, 0) is 16.6 Å². The van der Waals surface area contributed by atoms with Gasteiger partial charge in [-0.25, -0.2) is 4.98 Å². The highest BCUT2D eigenvalue weighted by atomic mass is 16.5. The summed E-state index contributed by atoms with van der Waals surface area (Å²) in [5, 5.41) is 13.8. The first-order valence-corrected chi connectivity index (χ1v) is 13.5. The Morgan fingerprint density at radius 2 is 1.61 bits per heavy atom. The maximum Gasteiger partial charge on any atom is 0.314 e. The number of aliphatic carboxylic acids is 1. The highest BCUT2D eigenvalue weighted by Crippen LogP contribution is 2.48. The fraction of sp³-hybridized carbons (Fsp3) is 0.344. The third-order valence-corrected chi connectivity index (χ3v) is 8.04. The summed E-state index contributed by atoms with van der Waals surface area (Å²) >= 11 is 0. The Kier molecular flexibility index (Phi) is 6.48. The first-order valence-electron chi connectivity index (χ1n) is 13.5. The number of aryl methyl sites for hydroxylation is 1. The van der Waals surface area contributed by atoms with Gasteiger partial charge in [-0.1, -0.05) is 66.2 Å². The molecule has 2 heterocycles. The second kappa shape index (κ2) is 10.1. The number of nitrogens with zero attached hydrogens (tertiary/aromatic N) is 2. The molecule has 0 amide bonds. The Morgan fingerprint density at radius 3 is 2.26 bits per heavy atom. The second-order valence-electron chi connectivity index (χ2n) is 10.6. The molecule has 38 heavy (non-hydrogen) atoms. The Balaban J connectivity index is 1.19. The lowest BCUT2D eigenvalue weighted by atomic mass is 9.93. The molecule has 0 bridgehead atoms. The molecule has 2 saturated carbocycles. The van der Waals surface area contributed by atoms with Crippen molar-refractivity contribution in [3.05, 3.63) is 89.2 Å². The molecular formula is C32H32N2O4. The van der Waals surface area contributed by atoms with Gasteiger partial charge < -0.3 is 14.4 Å². The van der Waals surface area contributed by atoms with Gasteiger partial charge in [0, 0.05) is 29.3 Å². The summed E-state index contributed by atoms with van der Waals surface area (Å²) < 4.78 is 11.9. The number of hydrogen-bond acceptors (Lipinski definition) is 5. The van der Waals surface area contributed by atoms with E-state index in [4.69, 9.17) is 14.2 Å². The number of hydrogen-bond donors (Lipinski definition) is 1. The van der Waals surface area contributed by atoms with Crippen molar-refractivity contribution in [3.63, 3.8) is 0 Å². The quantitative estimate of drug-likeness (QED) is 0.272. The van der Waals surface area contributed by atoms with Crippen molar-refractivity contribution in [1.29, 1.82) is 0 Å². The average molecular weight is 509 g/mol. The van der Waals surface area contributed by atoms with Crippen LogP contribution < -0.4 is 4.74 Å². The van der Waals surface area contributed by atoms with Crippen LogP contribution in [0.25, 0.3) is 22.5 Å². The fourth-order valence-corrected chi connectivity index (χ4v) is 5.53. The van der Waals surface area contributed by atoms with E-state index < -0.39 is 11.4 Å². The summed E-state index contributed by atoms with van der Waals surface area (Å²) in [5.41, 5.74) is 6.08. The van der Waals surface area contributed by atoms with Gasteiger partial charge in [0.15, 0.2) is 5.76 Å². The zero-order valence-electron chi connectivity index (χ0n) is 21.7. The Hall–Kier alpha value is -3.93. The third kappa shape index (κ3) is 4.83. The Bertz CT molecular complexity index is 1430. The molecule has 0 atom stereocenters. The van der Waals surface area contributed by atoms with E-state index in [1.807, 2.05) is 61.5 Å². The van der Waals surface area contributed by atoms with Crippen molar-refractivity contribution < 1.29 is 19.2 Å². The van der Waals surface area contributed by atoms with Gasteiger partial charge in [-0.15, -0.1) is 0 Å². The topological polar surface area (TPSA) is 85.5 Å². The maximum absolute atomic E-state index is 11.6. The molecule has 6 nitrogen and oxygen atoms in total. The normalized spacial score (nSPS) is 16.8. The SMILES string of the molecule is Cc1noc(-c2ccc(-c3ccc(C4(C(=O)O)CC4)cc3)cc2)c1Cc1cccc(OC2CCCCC2)n1. The molecule has 4 aromatic rings. The molecule has 0 saturated heterocycles. The minimum absolute atomic E-state index is 0.265. The van der Waals surface area contributed by atoms with Crippen LogP contribution in [-0.4, -0.2) is 27.3 Å². The standard InChI is InChI=1S/C32H32N2O4/c1-21-28(20-26-6-5-9-29(33-26)37-27-7-3-2-4-8-27)30(38-34-21)24-12-10-22(11-13-24)23-14-16-25(17-15-23)32(18-19-32)31(35)36/h5-6,9-17,27H,2-4,7-8,18-20H2,1H3,(H,35,36). The molecule has 2 aromatic carbocycles. The molecule has 2 aliphatic rings. The minimum atomic E-state index is -0.730. The van der Waals surface area contributed by atoms with Crippen LogP contribution in [0.1, 0.15) is 67.5 Å². The van der Waals surface area contributed by atoms with Crippen molar-refractivity contribution in [1.82, 2.24) is 10.1 Å². The van der Waals surface area contributed by atoms with Gasteiger partial charge in [-0.3, -0.25) is 4.79 Å². The molecule has 2 aliphatic carbocycles. The summed E-state index contributed by atoms with van der Waals surface area (Å²) in [7, 11) is 0. The molecule has 0 radical (unpaired) electrons. The van der Waals surface area contributed by atoms with Gasteiger partial charge in [0.1, 0.15) is 6.10 Å². The minimum Gasteiger partial charge on any atom is -0.481 e.